The van der Waals surface area contributed by atoms with Crippen LogP contribution in [0.3, 0.4) is 0 Å². The topological polar surface area (TPSA) is 29.1 Å². The minimum absolute atomic E-state index is 0.297. The molecule has 2 heteroatoms. The number of rotatable bonds is 0. The lowest BCUT2D eigenvalue weighted by molar-refractivity contribution is -0.136. The van der Waals surface area contributed by atoms with Crippen LogP contribution in [0.5, 0.6) is 0 Å². The van der Waals surface area contributed by atoms with Crippen LogP contribution in [-0.4, -0.2) is 11.9 Å². The molecule has 0 aromatic heterocycles. The lowest BCUT2D eigenvalue weighted by atomic mass is 9.47. The summed E-state index contributed by atoms with van der Waals surface area (Å²) in [6.07, 6.45) is 10.2. The molecule has 0 spiro atoms. The van der Waals surface area contributed by atoms with E-state index < -0.39 is 0 Å². The number of carbonyl (C=O) groups excluding carboxylic acids is 1. The molecule has 118 valence electrons. The van der Waals surface area contributed by atoms with Crippen molar-refractivity contribution >= 4 is 5.91 Å². The van der Waals surface area contributed by atoms with Gasteiger partial charge >= 0.3 is 0 Å². The quantitative estimate of drug-likeness (QED) is 0.713. The van der Waals surface area contributed by atoms with Gasteiger partial charge in [-0.1, -0.05) is 20.8 Å². The molecule has 0 bridgehead atoms. The first-order valence-corrected chi connectivity index (χ1v) is 9.24. The van der Waals surface area contributed by atoms with Crippen molar-refractivity contribution in [3.63, 3.8) is 0 Å². The SMILES string of the molecule is C[C@H]1CCC2C3CCC4NC(=O)CC[C@]4(C)C3CC[C@@]21C. The van der Waals surface area contributed by atoms with E-state index in [2.05, 4.69) is 26.1 Å². The zero-order valence-corrected chi connectivity index (χ0v) is 14.0. The molecule has 0 radical (unpaired) electrons. The fourth-order valence-corrected chi connectivity index (χ4v) is 6.96. The Hall–Kier alpha value is -0.530. The molecule has 7 atom stereocenters. The van der Waals surface area contributed by atoms with Crippen LogP contribution in [-0.2, 0) is 4.79 Å². The van der Waals surface area contributed by atoms with E-state index in [4.69, 9.17) is 0 Å². The summed E-state index contributed by atoms with van der Waals surface area (Å²) >= 11 is 0. The molecular weight excluding hydrogens is 258 g/mol. The second kappa shape index (κ2) is 4.49. The third kappa shape index (κ3) is 1.80. The molecule has 1 saturated heterocycles. The molecule has 4 rings (SSSR count). The lowest BCUT2D eigenvalue weighted by Crippen LogP contribution is -2.60. The zero-order chi connectivity index (χ0) is 14.8. The monoisotopic (exact) mass is 289 g/mol. The van der Waals surface area contributed by atoms with Crippen LogP contribution in [0, 0.1) is 34.5 Å². The number of amides is 1. The van der Waals surface area contributed by atoms with Gasteiger partial charge in [-0.3, -0.25) is 4.79 Å². The van der Waals surface area contributed by atoms with Gasteiger partial charge in [0.2, 0.25) is 5.91 Å². The second-order valence-corrected chi connectivity index (χ2v) is 9.10. The van der Waals surface area contributed by atoms with E-state index in [1.54, 1.807) is 0 Å². The average molecular weight is 289 g/mol. The summed E-state index contributed by atoms with van der Waals surface area (Å²) in [5.41, 5.74) is 0.992. The van der Waals surface area contributed by atoms with Crippen molar-refractivity contribution in [2.45, 2.75) is 78.2 Å². The van der Waals surface area contributed by atoms with Gasteiger partial charge in [-0.15, -0.1) is 0 Å². The van der Waals surface area contributed by atoms with Crippen molar-refractivity contribution in [3.8, 4) is 0 Å². The number of fused-ring (bicyclic) bond motifs is 5. The van der Waals surface area contributed by atoms with E-state index in [1.807, 2.05) is 0 Å². The number of piperidine rings is 1. The Balaban J connectivity index is 1.64. The number of nitrogens with one attached hydrogen (secondary N) is 1. The Labute approximate surface area is 129 Å². The number of hydrogen-bond acceptors (Lipinski definition) is 1. The van der Waals surface area contributed by atoms with E-state index in [9.17, 15) is 4.79 Å². The predicted octanol–water partition coefficient (Wildman–Crippen LogP) is 4.14. The summed E-state index contributed by atoms with van der Waals surface area (Å²) < 4.78 is 0. The standard InChI is InChI=1S/C19H31NO/c1-12-4-6-14-13-5-7-16-19(3,11-9-17(21)20-16)15(13)8-10-18(12,14)2/h12-16H,4-11H2,1-3H3,(H,20,21)/t12-,13?,14?,15?,16?,18+,19+/m0/s1. The van der Waals surface area contributed by atoms with Crippen molar-refractivity contribution in [2.24, 2.45) is 34.5 Å². The molecule has 1 N–H and O–H groups in total. The Bertz CT molecular complexity index is 460. The lowest BCUT2D eigenvalue weighted by Gasteiger charge is -2.60. The van der Waals surface area contributed by atoms with Gasteiger partial charge < -0.3 is 5.32 Å². The molecule has 1 aliphatic heterocycles. The zero-order valence-electron chi connectivity index (χ0n) is 14.0. The van der Waals surface area contributed by atoms with Gasteiger partial charge in [0.1, 0.15) is 0 Å². The Morgan fingerprint density at radius 2 is 1.71 bits per heavy atom. The summed E-state index contributed by atoms with van der Waals surface area (Å²) in [6.45, 7) is 7.58. The largest absolute Gasteiger partial charge is 0.353 e. The third-order valence-electron chi connectivity index (χ3n) is 8.57. The fourth-order valence-electron chi connectivity index (χ4n) is 6.96. The second-order valence-electron chi connectivity index (χ2n) is 9.10. The first-order chi connectivity index (χ1) is 9.95. The van der Waals surface area contributed by atoms with Crippen LogP contribution in [0.15, 0.2) is 0 Å². The van der Waals surface area contributed by atoms with E-state index in [1.165, 1.54) is 38.5 Å². The molecule has 0 aromatic rings. The predicted molar refractivity (Wildman–Crippen MR) is 84.7 cm³/mol. The Kier molecular flexibility index (Phi) is 3.01. The molecule has 0 aromatic carbocycles. The summed E-state index contributed by atoms with van der Waals surface area (Å²) in [5.74, 6) is 3.97. The van der Waals surface area contributed by atoms with Gasteiger partial charge in [-0.2, -0.15) is 0 Å². The number of hydrogen-bond donors (Lipinski definition) is 1. The summed E-state index contributed by atoms with van der Waals surface area (Å²) in [7, 11) is 0. The Morgan fingerprint density at radius 3 is 2.52 bits per heavy atom. The fraction of sp³-hybridized carbons (Fsp3) is 0.947. The molecule has 1 amide bonds. The highest BCUT2D eigenvalue weighted by Crippen LogP contribution is 2.65. The van der Waals surface area contributed by atoms with Crippen LogP contribution in [0.4, 0.5) is 0 Å². The van der Waals surface area contributed by atoms with Gasteiger partial charge in [0.25, 0.3) is 0 Å². The van der Waals surface area contributed by atoms with E-state index in [-0.39, 0.29) is 0 Å². The highest BCUT2D eigenvalue weighted by Gasteiger charge is 2.59. The minimum atomic E-state index is 0.297. The van der Waals surface area contributed by atoms with Crippen molar-refractivity contribution < 1.29 is 4.79 Å². The molecule has 4 fully saturated rings. The number of carbonyl (C=O) groups is 1. The van der Waals surface area contributed by atoms with Crippen LogP contribution in [0.1, 0.15) is 72.1 Å². The summed E-state index contributed by atoms with van der Waals surface area (Å²) in [6, 6.07) is 0.461. The molecule has 4 aliphatic rings. The van der Waals surface area contributed by atoms with E-state index >= 15 is 0 Å². The summed E-state index contributed by atoms with van der Waals surface area (Å²) in [5, 5.41) is 3.33. The maximum Gasteiger partial charge on any atom is 0.220 e. The normalized spacial score (nSPS) is 56.1. The van der Waals surface area contributed by atoms with E-state index in [0.29, 0.717) is 22.8 Å². The van der Waals surface area contributed by atoms with Crippen molar-refractivity contribution in [1.82, 2.24) is 5.32 Å². The highest BCUT2D eigenvalue weighted by molar-refractivity contribution is 5.77. The Morgan fingerprint density at radius 1 is 0.952 bits per heavy atom. The average Bonchev–Trinajstić information content (AvgIpc) is 2.76. The maximum atomic E-state index is 11.8. The first kappa shape index (κ1) is 14.1. The third-order valence-corrected chi connectivity index (χ3v) is 8.57. The van der Waals surface area contributed by atoms with Crippen molar-refractivity contribution in [2.75, 3.05) is 0 Å². The van der Waals surface area contributed by atoms with Crippen LogP contribution < -0.4 is 5.32 Å². The van der Waals surface area contributed by atoms with Crippen molar-refractivity contribution in [3.05, 3.63) is 0 Å². The highest BCUT2D eigenvalue weighted by atomic mass is 16.1. The first-order valence-electron chi connectivity index (χ1n) is 9.24. The van der Waals surface area contributed by atoms with Crippen LogP contribution >= 0.6 is 0 Å². The van der Waals surface area contributed by atoms with Gasteiger partial charge in [-0.05, 0) is 79.4 Å². The summed E-state index contributed by atoms with van der Waals surface area (Å²) in [4.78, 5) is 11.8. The van der Waals surface area contributed by atoms with Crippen LogP contribution in [0.25, 0.3) is 0 Å². The van der Waals surface area contributed by atoms with Gasteiger partial charge in [0, 0.05) is 12.5 Å². The van der Waals surface area contributed by atoms with Gasteiger partial charge in [-0.25, -0.2) is 0 Å². The van der Waals surface area contributed by atoms with E-state index in [0.717, 1.165) is 36.5 Å². The van der Waals surface area contributed by atoms with Gasteiger partial charge in [0.05, 0.1) is 0 Å². The molecule has 1 heterocycles. The molecule has 3 saturated carbocycles. The maximum absolute atomic E-state index is 11.8. The molecule has 3 aliphatic carbocycles. The van der Waals surface area contributed by atoms with Crippen molar-refractivity contribution in [1.29, 1.82) is 0 Å². The molecular formula is C19H31NO. The molecule has 2 nitrogen and oxygen atoms in total. The van der Waals surface area contributed by atoms with Gasteiger partial charge in [0.15, 0.2) is 0 Å². The minimum Gasteiger partial charge on any atom is -0.353 e. The smallest absolute Gasteiger partial charge is 0.220 e. The molecule has 21 heavy (non-hydrogen) atoms. The molecule has 4 unspecified atom stereocenters. The van der Waals surface area contributed by atoms with Crippen LogP contribution in [0.2, 0.25) is 0 Å².